The van der Waals surface area contributed by atoms with Crippen molar-refractivity contribution in [2.24, 2.45) is 4.99 Å². The van der Waals surface area contributed by atoms with Gasteiger partial charge in [0.1, 0.15) is 5.92 Å². The van der Waals surface area contributed by atoms with Crippen molar-refractivity contribution in [1.82, 2.24) is 0 Å². The lowest BCUT2D eigenvalue weighted by Gasteiger charge is -2.04. The van der Waals surface area contributed by atoms with E-state index in [9.17, 15) is 14.4 Å². The van der Waals surface area contributed by atoms with Crippen molar-refractivity contribution in [2.75, 3.05) is 12.4 Å². The normalized spacial score (nSPS) is 15.7. The molecule has 0 bridgehead atoms. The number of ether oxygens (including phenoxy) is 1. The monoisotopic (exact) mass is 338 g/mol. The number of nitrogens with zero attached hydrogens (tertiary/aromatic N) is 1. The van der Waals surface area contributed by atoms with Gasteiger partial charge in [0.2, 0.25) is 5.91 Å². The number of hydrogen-bond donors (Lipinski definition) is 2. The quantitative estimate of drug-likeness (QED) is 0.658. The lowest BCUT2D eigenvalue weighted by Crippen LogP contribution is -2.12. The Labute approximate surface area is 143 Å². The standard InChI is InChI=1S/C18H14N2O5/c1-25-18(24)11-4-7-13-14(16(21)20-15(13)8-11)9-19-12-5-2-10(3-6-12)17(22)23/h2-9,14H,1H3,(H,20,21)(H,22,23). The number of aliphatic imine (C=N–C) groups is 1. The van der Waals surface area contributed by atoms with E-state index in [0.717, 1.165) is 0 Å². The summed E-state index contributed by atoms with van der Waals surface area (Å²) in [5.41, 5.74) is 2.31. The maximum atomic E-state index is 12.2. The van der Waals surface area contributed by atoms with E-state index in [4.69, 9.17) is 5.11 Å². The van der Waals surface area contributed by atoms with E-state index in [2.05, 4.69) is 15.0 Å². The molecule has 1 heterocycles. The number of aromatic carboxylic acids is 1. The van der Waals surface area contributed by atoms with Crippen LogP contribution in [0.2, 0.25) is 0 Å². The molecule has 2 aromatic carbocycles. The van der Waals surface area contributed by atoms with Gasteiger partial charge in [-0.25, -0.2) is 9.59 Å². The predicted octanol–water partition coefficient (Wildman–Crippen LogP) is 2.61. The van der Waals surface area contributed by atoms with Gasteiger partial charge in [-0.3, -0.25) is 9.79 Å². The fourth-order valence-electron chi connectivity index (χ4n) is 2.53. The van der Waals surface area contributed by atoms with E-state index < -0.39 is 17.9 Å². The minimum atomic E-state index is -1.01. The smallest absolute Gasteiger partial charge is 0.337 e. The number of carbonyl (C=O) groups is 3. The molecule has 0 radical (unpaired) electrons. The van der Waals surface area contributed by atoms with E-state index in [1.807, 2.05) is 0 Å². The number of fused-ring (bicyclic) bond motifs is 1. The first-order valence-corrected chi connectivity index (χ1v) is 7.40. The molecule has 0 saturated carbocycles. The van der Waals surface area contributed by atoms with Crippen LogP contribution in [-0.2, 0) is 9.53 Å². The van der Waals surface area contributed by atoms with Gasteiger partial charge >= 0.3 is 11.9 Å². The molecular weight excluding hydrogens is 324 g/mol. The van der Waals surface area contributed by atoms with Gasteiger partial charge < -0.3 is 15.2 Å². The summed E-state index contributed by atoms with van der Waals surface area (Å²) < 4.78 is 4.66. The van der Waals surface area contributed by atoms with Crippen LogP contribution < -0.4 is 5.32 Å². The van der Waals surface area contributed by atoms with Gasteiger partial charge in [0.05, 0.1) is 23.9 Å². The summed E-state index contributed by atoms with van der Waals surface area (Å²) in [6.07, 6.45) is 1.49. The summed E-state index contributed by atoms with van der Waals surface area (Å²) in [7, 11) is 1.29. The van der Waals surface area contributed by atoms with E-state index in [-0.39, 0.29) is 11.5 Å². The van der Waals surface area contributed by atoms with Gasteiger partial charge in [0, 0.05) is 11.9 Å². The number of rotatable bonds is 4. The number of carboxylic acids is 1. The first-order valence-electron chi connectivity index (χ1n) is 7.40. The number of hydrogen-bond acceptors (Lipinski definition) is 5. The largest absolute Gasteiger partial charge is 0.478 e. The zero-order chi connectivity index (χ0) is 18.0. The summed E-state index contributed by atoms with van der Waals surface area (Å²) in [4.78, 5) is 38.8. The average Bonchev–Trinajstić information content (AvgIpc) is 2.93. The Morgan fingerprint density at radius 2 is 1.84 bits per heavy atom. The molecule has 0 saturated heterocycles. The molecule has 0 spiro atoms. The number of benzene rings is 2. The van der Waals surface area contributed by atoms with E-state index in [1.165, 1.54) is 25.5 Å². The number of carbonyl (C=O) groups excluding carboxylic acids is 2. The van der Waals surface area contributed by atoms with E-state index in [1.54, 1.807) is 30.3 Å². The van der Waals surface area contributed by atoms with Crippen molar-refractivity contribution < 1.29 is 24.2 Å². The summed E-state index contributed by atoms with van der Waals surface area (Å²) in [5, 5.41) is 11.6. The molecule has 0 aliphatic carbocycles. The Hall–Kier alpha value is -3.48. The molecule has 2 aromatic rings. The van der Waals surface area contributed by atoms with Gasteiger partial charge in [0.25, 0.3) is 0 Å². The van der Waals surface area contributed by atoms with Crippen LogP contribution >= 0.6 is 0 Å². The molecule has 1 aliphatic rings. The van der Waals surface area contributed by atoms with Gasteiger partial charge in [-0.15, -0.1) is 0 Å². The number of anilines is 1. The van der Waals surface area contributed by atoms with Gasteiger partial charge in [0.15, 0.2) is 0 Å². The van der Waals surface area contributed by atoms with Crippen LogP contribution in [0.15, 0.2) is 47.5 Å². The third-order valence-corrected chi connectivity index (χ3v) is 3.84. The van der Waals surface area contributed by atoms with Crippen molar-refractivity contribution >= 4 is 35.4 Å². The van der Waals surface area contributed by atoms with E-state index in [0.29, 0.717) is 22.5 Å². The molecule has 7 heteroatoms. The molecule has 7 nitrogen and oxygen atoms in total. The van der Waals surface area contributed by atoms with Crippen molar-refractivity contribution in [2.45, 2.75) is 5.92 Å². The van der Waals surface area contributed by atoms with Crippen molar-refractivity contribution in [3.05, 3.63) is 59.2 Å². The number of esters is 1. The second-order valence-corrected chi connectivity index (χ2v) is 5.39. The maximum absolute atomic E-state index is 12.2. The van der Waals surface area contributed by atoms with Gasteiger partial charge in [-0.05, 0) is 42.0 Å². The molecule has 25 heavy (non-hydrogen) atoms. The maximum Gasteiger partial charge on any atom is 0.337 e. The zero-order valence-electron chi connectivity index (χ0n) is 13.2. The highest BCUT2D eigenvalue weighted by atomic mass is 16.5. The molecular formula is C18H14N2O5. The molecule has 0 fully saturated rings. The second kappa shape index (κ2) is 6.56. The van der Waals surface area contributed by atoms with Crippen molar-refractivity contribution in [1.29, 1.82) is 0 Å². The SMILES string of the molecule is COC(=O)c1ccc2c(c1)NC(=O)C2C=Nc1ccc(C(=O)O)cc1. The van der Waals surface area contributed by atoms with Crippen molar-refractivity contribution in [3.8, 4) is 0 Å². The summed E-state index contributed by atoms with van der Waals surface area (Å²) >= 11 is 0. The fourth-order valence-corrected chi connectivity index (χ4v) is 2.53. The first kappa shape index (κ1) is 16.4. The van der Waals surface area contributed by atoms with Crippen LogP contribution in [0.5, 0.6) is 0 Å². The Balaban J connectivity index is 1.83. The Morgan fingerprint density at radius 3 is 2.48 bits per heavy atom. The number of nitrogens with one attached hydrogen (secondary N) is 1. The van der Waals surface area contributed by atoms with Gasteiger partial charge in [-0.1, -0.05) is 6.07 Å². The van der Waals surface area contributed by atoms with Crippen LogP contribution in [-0.4, -0.2) is 36.3 Å². The summed E-state index contributed by atoms with van der Waals surface area (Å²) in [6.45, 7) is 0. The lowest BCUT2D eigenvalue weighted by atomic mass is 10.0. The van der Waals surface area contributed by atoms with Gasteiger partial charge in [-0.2, -0.15) is 0 Å². The third-order valence-electron chi connectivity index (χ3n) is 3.84. The highest BCUT2D eigenvalue weighted by Crippen LogP contribution is 2.32. The van der Waals surface area contributed by atoms with Crippen molar-refractivity contribution in [3.63, 3.8) is 0 Å². The molecule has 3 rings (SSSR count). The first-order chi connectivity index (χ1) is 12.0. The van der Waals surface area contributed by atoms with Crippen LogP contribution in [0.25, 0.3) is 0 Å². The molecule has 1 aliphatic heterocycles. The average molecular weight is 338 g/mol. The molecule has 1 atom stereocenters. The minimum absolute atomic E-state index is 0.165. The van der Waals surface area contributed by atoms with Crippen LogP contribution in [0.1, 0.15) is 32.2 Å². The lowest BCUT2D eigenvalue weighted by molar-refractivity contribution is -0.115. The molecule has 126 valence electrons. The minimum Gasteiger partial charge on any atom is -0.478 e. The number of amides is 1. The Bertz CT molecular complexity index is 887. The molecule has 1 amide bonds. The Kier molecular flexibility index (Phi) is 4.30. The number of carboxylic acid groups (broad SMARTS) is 1. The predicted molar refractivity (Wildman–Crippen MR) is 90.7 cm³/mol. The molecule has 2 N–H and O–H groups in total. The highest BCUT2D eigenvalue weighted by molar-refractivity contribution is 6.13. The topological polar surface area (TPSA) is 105 Å². The van der Waals surface area contributed by atoms with Crippen LogP contribution in [0.3, 0.4) is 0 Å². The molecule has 0 aromatic heterocycles. The summed E-state index contributed by atoms with van der Waals surface area (Å²) in [5.74, 6) is -2.32. The van der Waals surface area contributed by atoms with E-state index >= 15 is 0 Å². The second-order valence-electron chi connectivity index (χ2n) is 5.39. The highest BCUT2D eigenvalue weighted by Gasteiger charge is 2.29. The van der Waals surface area contributed by atoms with Crippen LogP contribution in [0.4, 0.5) is 11.4 Å². The Morgan fingerprint density at radius 1 is 1.16 bits per heavy atom. The summed E-state index contributed by atoms with van der Waals surface area (Å²) in [6, 6.07) is 10.9. The zero-order valence-corrected chi connectivity index (χ0v) is 13.2. The number of methoxy groups -OCH3 is 1. The van der Waals surface area contributed by atoms with Crippen LogP contribution in [0, 0.1) is 0 Å². The fraction of sp³-hybridized carbons (Fsp3) is 0.111. The third kappa shape index (κ3) is 3.25. The molecule has 1 unspecified atom stereocenters.